The molecule has 0 aromatic heterocycles. The third-order valence-electron chi connectivity index (χ3n) is 2.25. The van der Waals surface area contributed by atoms with Crippen molar-refractivity contribution in [2.75, 3.05) is 27.9 Å². The van der Waals surface area contributed by atoms with E-state index in [0.717, 1.165) is 0 Å². The zero-order valence-corrected chi connectivity index (χ0v) is 10.4. The van der Waals surface area contributed by atoms with Gasteiger partial charge in [0.1, 0.15) is 11.3 Å². The van der Waals surface area contributed by atoms with Crippen LogP contribution in [0.1, 0.15) is 17.3 Å². The molecule has 0 saturated heterocycles. The number of carbonyl (C=O) groups is 1. The number of benzene rings is 1. The van der Waals surface area contributed by atoms with Crippen LogP contribution in [0.2, 0.25) is 0 Å². The Morgan fingerprint density at radius 1 is 1.06 bits per heavy atom. The smallest absolute Gasteiger partial charge is 0.204 e. The highest BCUT2D eigenvalue weighted by Gasteiger charge is 2.21. The molecule has 0 atom stereocenters. The fourth-order valence-corrected chi connectivity index (χ4v) is 1.52. The highest BCUT2D eigenvalue weighted by molar-refractivity contribution is 5.87. The van der Waals surface area contributed by atoms with Gasteiger partial charge >= 0.3 is 0 Å². The molecule has 5 heteroatoms. The first-order valence-electron chi connectivity index (χ1n) is 5.14. The molecule has 0 aliphatic rings. The Hall–Kier alpha value is -1.91. The van der Waals surface area contributed by atoms with Gasteiger partial charge in [0.25, 0.3) is 0 Å². The average Bonchev–Trinajstić information content (AvgIpc) is 2.37. The molecular formula is C12H16O5. The standard InChI is InChI=1S/C12H16O5/c1-5-17-12-10(15-3)6-9(14-2)8(7-13)11(12)16-4/h6-7H,5H2,1-4H3. The summed E-state index contributed by atoms with van der Waals surface area (Å²) in [5, 5.41) is 0. The largest absolute Gasteiger partial charge is 0.496 e. The van der Waals surface area contributed by atoms with E-state index in [0.29, 0.717) is 41.5 Å². The van der Waals surface area contributed by atoms with E-state index in [-0.39, 0.29) is 0 Å². The Bertz CT molecular complexity index is 400. The van der Waals surface area contributed by atoms with Crippen LogP contribution in [0.25, 0.3) is 0 Å². The van der Waals surface area contributed by atoms with Gasteiger partial charge < -0.3 is 18.9 Å². The lowest BCUT2D eigenvalue weighted by Crippen LogP contribution is -2.03. The first-order chi connectivity index (χ1) is 8.23. The molecule has 0 unspecified atom stereocenters. The molecule has 0 saturated carbocycles. The van der Waals surface area contributed by atoms with Gasteiger partial charge in [-0.2, -0.15) is 0 Å². The van der Waals surface area contributed by atoms with Crippen molar-refractivity contribution in [2.24, 2.45) is 0 Å². The summed E-state index contributed by atoms with van der Waals surface area (Å²) in [6.07, 6.45) is 0.666. The van der Waals surface area contributed by atoms with Crippen molar-refractivity contribution < 1.29 is 23.7 Å². The van der Waals surface area contributed by atoms with Crippen LogP contribution in [-0.4, -0.2) is 34.2 Å². The molecule has 0 heterocycles. The van der Waals surface area contributed by atoms with Crippen molar-refractivity contribution >= 4 is 6.29 Å². The summed E-state index contributed by atoms with van der Waals surface area (Å²) in [5.74, 6) is 1.57. The van der Waals surface area contributed by atoms with Crippen LogP contribution in [0.5, 0.6) is 23.0 Å². The Labute approximate surface area is 100 Å². The minimum atomic E-state index is 0.305. The van der Waals surface area contributed by atoms with Crippen molar-refractivity contribution in [3.63, 3.8) is 0 Å². The molecule has 0 aliphatic heterocycles. The number of carbonyl (C=O) groups excluding carboxylic acids is 1. The second-order valence-electron chi connectivity index (χ2n) is 3.11. The number of hydrogen-bond acceptors (Lipinski definition) is 5. The Balaban J connectivity index is 3.49. The van der Waals surface area contributed by atoms with E-state index in [1.165, 1.54) is 21.3 Å². The van der Waals surface area contributed by atoms with E-state index in [9.17, 15) is 4.79 Å². The quantitative estimate of drug-likeness (QED) is 0.711. The number of ether oxygens (including phenoxy) is 4. The van der Waals surface area contributed by atoms with Gasteiger partial charge in [-0.15, -0.1) is 0 Å². The van der Waals surface area contributed by atoms with Crippen LogP contribution < -0.4 is 18.9 Å². The second-order valence-corrected chi connectivity index (χ2v) is 3.11. The SMILES string of the molecule is CCOc1c(OC)cc(OC)c(C=O)c1OC. The van der Waals surface area contributed by atoms with Crippen molar-refractivity contribution in [3.05, 3.63) is 11.6 Å². The van der Waals surface area contributed by atoms with E-state index in [1.54, 1.807) is 6.07 Å². The molecule has 17 heavy (non-hydrogen) atoms. The molecule has 1 rings (SSSR count). The lowest BCUT2D eigenvalue weighted by molar-refractivity contribution is 0.111. The zero-order valence-electron chi connectivity index (χ0n) is 10.4. The highest BCUT2D eigenvalue weighted by Crippen LogP contribution is 2.44. The summed E-state index contributed by atoms with van der Waals surface area (Å²) in [6, 6.07) is 1.59. The zero-order chi connectivity index (χ0) is 12.8. The normalized spacial score (nSPS) is 9.65. The Kier molecular flexibility index (Phi) is 4.63. The minimum absolute atomic E-state index is 0.305. The summed E-state index contributed by atoms with van der Waals surface area (Å²) in [6.45, 7) is 2.28. The number of rotatable bonds is 6. The van der Waals surface area contributed by atoms with Crippen molar-refractivity contribution in [3.8, 4) is 23.0 Å². The van der Waals surface area contributed by atoms with E-state index < -0.39 is 0 Å². The fraction of sp³-hybridized carbons (Fsp3) is 0.417. The van der Waals surface area contributed by atoms with Gasteiger partial charge in [0.15, 0.2) is 17.8 Å². The van der Waals surface area contributed by atoms with E-state index >= 15 is 0 Å². The molecule has 0 aliphatic carbocycles. The van der Waals surface area contributed by atoms with Crippen LogP contribution in [0.4, 0.5) is 0 Å². The molecule has 0 radical (unpaired) electrons. The first kappa shape index (κ1) is 13.2. The van der Waals surface area contributed by atoms with E-state index in [2.05, 4.69) is 0 Å². The summed E-state index contributed by atoms with van der Waals surface area (Å²) in [7, 11) is 4.45. The summed E-state index contributed by atoms with van der Waals surface area (Å²) < 4.78 is 20.9. The van der Waals surface area contributed by atoms with Crippen LogP contribution >= 0.6 is 0 Å². The predicted molar refractivity (Wildman–Crippen MR) is 62.7 cm³/mol. The van der Waals surface area contributed by atoms with Gasteiger partial charge in [0.2, 0.25) is 5.75 Å². The highest BCUT2D eigenvalue weighted by atomic mass is 16.5. The summed E-state index contributed by atoms with van der Waals surface area (Å²) >= 11 is 0. The monoisotopic (exact) mass is 240 g/mol. The first-order valence-corrected chi connectivity index (χ1v) is 5.14. The summed E-state index contributed by atoms with van der Waals surface area (Å²) in [4.78, 5) is 11.1. The molecule has 1 aromatic carbocycles. The Morgan fingerprint density at radius 2 is 1.71 bits per heavy atom. The molecule has 0 N–H and O–H groups in total. The fourth-order valence-electron chi connectivity index (χ4n) is 1.52. The topological polar surface area (TPSA) is 54.0 Å². The minimum Gasteiger partial charge on any atom is -0.496 e. The molecule has 94 valence electrons. The maximum absolute atomic E-state index is 11.1. The van der Waals surface area contributed by atoms with Gasteiger partial charge in [-0.3, -0.25) is 4.79 Å². The third kappa shape index (κ3) is 2.43. The van der Waals surface area contributed by atoms with Gasteiger partial charge in [0, 0.05) is 6.07 Å². The van der Waals surface area contributed by atoms with E-state index in [1.807, 2.05) is 6.92 Å². The number of aldehydes is 1. The van der Waals surface area contributed by atoms with Crippen LogP contribution in [0.15, 0.2) is 6.07 Å². The van der Waals surface area contributed by atoms with Gasteiger partial charge in [-0.1, -0.05) is 0 Å². The van der Waals surface area contributed by atoms with Crippen molar-refractivity contribution in [1.29, 1.82) is 0 Å². The van der Waals surface area contributed by atoms with Crippen molar-refractivity contribution in [1.82, 2.24) is 0 Å². The summed E-state index contributed by atoms with van der Waals surface area (Å²) in [5.41, 5.74) is 0.305. The maximum Gasteiger partial charge on any atom is 0.204 e. The third-order valence-corrected chi connectivity index (χ3v) is 2.25. The number of hydrogen-bond donors (Lipinski definition) is 0. The van der Waals surface area contributed by atoms with Crippen LogP contribution in [-0.2, 0) is 0 Å². The van der Waals surface area contributed by atoms with Crippen LogP contribution in [0.3, 0.4) is 0 Å². The molecule has 1 aromatic rings. The molecular weight excluding hydrogens is 224 g/mol. The predicted octanol–water partition coefficient (Wildman–Crippen LogP) is 1.92. The lowest BCUT2D eigenvalue weighted by Gasteiger charge is -2.17. The molecule has 0 spiro atoms. The second kappa shape index (κ2) is 5.98. The Morgan fingerprint density at radius 3 is 2.12 bits per heavy atom. The molecule has 0 fully saturated rings. The van der Waals surface area contributed by atoms with Crippen LogP contribution in [0, 0.1) is 0 Å². The molecule has 0 amide bonds. The number of methoxy groups -OCH3 is 3. The van der Waals surface area contributed by atoms with Gasteiger partial charge in [-0.05, 0) is 6.92 Å². The lowest BCUT2D eigenvalue weighted by atomic mass is 10.1. The van der Waals surface area contributed by atoms with Gasteiger partial charge in [0.05, 0.1) is 27.9 Å². The van der Waals surface area contributed by atoms with E-state index in [4.69, 9.17) is 18.9 Å². The maximum atomic E-state index is 11.1. The molecule has 5 nitrogen and oxygen atoms in total. The average molecular weight is 240 g/mol. The molecule has 0 bridgehead atoms. The van der Waals surface area contributed by atoms with Crippen molar-refractivity contribution in [2.45, 2.75) is 6.92 Å². The van der Waals surface area contributed by atoms with Gasteiger partial charge in [-0.25, -0.2) is 0 Å².